The van der Waals surface area contributed by atoms with Crippen LogP contribution in [0.5, 0.6) is 0 Å². The average Bonchev–Trinajstić information content (AvgIpc) is 3.49. The summed E-state index contributed by atoms with van der Waals surface area (Å²) in [5.41, 5.74) is 3.08. The van der Waals surface area contributed by atoms with Crippen molar-refractivity contribution in [1.29, 1.82) is 5.26 Å². The lowest BCUT2D eigenvalue weighted by atomic mass is 10.1. The molecule has 2 aromatic heterocycles. The van der Waals surface area contributed by atoms with Gasteiger partial charge in [0, 0.05) is 43.3 Å². The summed E-state index contributed by atoms with van der Waals surface area (Å²) >= 11 is 0. The molecule has 2 amide bonds. The molecular formula is C26H25N7O2. The van der Waals surface area contributed by atoms with E-state index in [1.54, 1.807) is 4.68 Å². The average molecular weight is 468 g/mol. The summed E-state index contributed by atoms with van der Waals surface area (Å²) in [4.78, 5) is 32.7. The Labute approximate surface area is 202 Å². The molecule has 1 fully saturated rings. The van der Waals surface area contributed by atoms with Gasteiger partial charge in [0.25, 0.3) is 0 Å². The van der Waals surface area contributed by atoms with Crippen LogP contribution in [0.15, 0.2) is 67.0 Å². The molecule has 0 bridgehead atoms. The molecule has 0 aliphatic carbocycles. The summed E-state index contributed by atoms with van der Waals surface area (Å²) in [6.45, 7) is 2.53. The van der Waals surface area contributed by atoms with Crippen molar-refractivity contribution in [3.05, 3.63) is 78.1 Å². The zero-order chi connectivity index (χ0) is 24.2. The lowest BCUT2D eigenvalue weighted by Crippen LogP contribution is -2.50. The van der Waals surface area contributed by atoms with E-state index in [1.165, 1.54) is 6.20 Å². The number of hydrogen-bond donors (Lipinski definition) is 2. The molecule has 3 heterocycles. The second-order valence-corrected chi connectivity index (χ2v) is 8.51. The molecule has 1 aliphatic heterocycles. The molecule has 5 rings (SSSR count). The first-order chi connectivity index (χ1) is 17.1. The topological polar surface area (TPSA) is 110 Å². The molecule has 0 unspecified atom stereocenters. The van der Waals surface area contributed by atoms with E-state index in [1.807, 2.05) is 70.6 Å². The highest BCUT2D eigenvalue weighted by Gasteiger charge is 2.24. The zero-order valence-corrected chi connectivity index (χ0v) is 19.1. The first-order valence-corrected chi connectivity index (χ1v) is 11.5. The van der Waals surface area contributed by atoms with E-state index >= 15 is 0 Å². The molecule has 2 N–H and O–H groups in total. The number of piperazine rings is 1. The third kappa shape index (κ3) is 4.78. The Morgan fingerprint density at radius 1 is 1.03 bits per heavy atom. The van der Waals surface area contributed by atoms with Crippen molar-refractivity contribution in [2.24, 2.45) is 0 Å². The number of nitriles is 1. The number of carbonyl (C=O) groups is 2. The largest absolute Gasteiger partial charge is 0.361 e. The van der Waals surface area contributed by atoms with Crippen LogP contribution in [0, 0.1) is 11.3 Å². The van der Waals surface area contributed by atoms with Crippen LogP contribution in [0.1, 0.15) is 11.1 Å². The molecule has 1 saturated heterocycles. The fourth-order valence-electron chi connectivity index (χ4n) is 4.40. The van der Waals surface area contributed by atoms with Gasteiger partial charge in [0.1, 0.15) is 11.6 Å². The van der Waals surface area contributed by atoms with Crippen LogP contribution in [0.3, 0.4) is 0 Å². The van der Waals surface area contributed by atoms with Gasteiger partial charge in [0.2, 0.25) is 11.8 Å². The van der Waals surface area contributed by atoms with Crippen LogP contribution in [0.2, 0.25) is 0 Å². The van der Waals surface area contributed by atoms with Crippen LogP contribution in [-0.2, 0) is 16.0 Å². The smallest absolute Gasteiger partial charge is 0.239 e. The lowest BCUT2D eigenvalue weighted by molar-refractivity contribution is -0.132. The van der Waals surface area contributed by atoms with Crippen LogP contribution in [0.4, 0.5) is 5.82 Å². The number of fused-ring (bicyclic) bond motifs is 1. The van der Waals surface area contributed by atoms with Gasteiger partial charge in [-0.3, -0.25) is 14.5 Å². The molecule has 0 spiro atoms. The number of carbonyl (C=O) groups excluding carboxylic acids is 2. The number of anilines is 1. The van der Waals surface area contributed by atoms with E-state index in [0.717, 1.165) is 22.2 Å². The molecule has 176 valence electrons. The Hall–Kier alpha value is -4.42. The van der Waals surface area contributed by atoms with E-state index in [0.29, 0.717) is 44.0 Å². The van der Waals surface area contributed by atoms with Crippen molar-refractivity contribution < 1.29 is 9.59 Å². The predicted octanol–water partition coefficient (Wildman–Crippen LogP) is 2.55. The Balaban J connectivity index is 1.16. The maximum Gasteiger partial charge on any atom is 0.239 e. The maximum absolute atomic E-state index is 12.9. The number of hydrogen-bond acceptors (Lipinski definition) is 5. The highest BCUT2D eigenvalue weighted by atomic mass is 16.2. The van der Waals surface area contributed by atoms with E-state index in [4.69, 9.17) is 0 Å². The fraction of sp³-hybridized carbons (Fsp3) is 0.231. The number of para-hydroxylation sites is 2. The van der Waals surface area contributed by atoms with E-state index < -0.39 is 0 Å². The fourth-order valence-corrected chi connectivity index (χ4v) is 4.40. The van der Waals surface area contributed by atoms with Crippen molar-refractivity contribution in [2.75, 3.05) is 38.0 Å². The lowest BCUT2D eigenvalue weighted by Gasteiger charge is -2.34. The number of aromatic nitrogens is 3. The minimum atomic E-state index is -0.224. The summed E-state index contributed by atoms with van der Waals surface area (Å²) in [6, 6.07) is 19.4. The van der Waals surface area contributed by atoms with Gasteiger partial charge in [-0.15, -0.1) is 0 Å². The minimum absolute atomic E-state index is 0.0873. The number of H-pyrrole nitrogens is 1. The van der Waals surface area contributed by atoms with Crippen molar-refractivity contribution in [1.82, 2.24) is 24.6 Å². The predicted molar refractivity (Wildman–Crippen MR) is 132 cm³/mol. The molecular weight excluding hydrogens is 442 g/mol. The van der Waals surface area contributed by atoms with Crippen molar-refractivity contribution in [2.45, 2.75) is 6.42 Å². The SMILES string of the molecule is N#Cc1cnn(-c2ccccc2)c1NC(=O)CN1CCN(C(=O)Cc2c[nH]c3ccccc23)CC1. The summed E-state index contributed by atoms with van der Waals surface area (Å²) < 4.78 is 1.55. The molecule has 0 saturated carbocycles. The molecule has 2 aromatic carbocycles. The molecule has 35 heavy (non-hydrogen) atoms. The number of nitrogens with one attached hydrogen (secondary N) is 2. The number of aromatic amines is 1. The first-order valence-electron chi connectivity index (χ1n) is 11.5. The zero-order valence-electron chi connectivity index (χ0n) is 19.1. The van der Waals surface area contributed by atoms with Gasteiger partial charge >= 0.3 is 0 Å². The molecule has 9 heteroatoms. The maximum atomic E-state index is 12.9. The van der Waals surface area contributed by atoms with Gasteiger partial charge in [-0.05, 0) is 23.8 Å². The summed E-state index contributed by atoms with van der Waals surface area (Å²) in [6.07, 6.45) is 3.70. The molecule has 0 atom stereocenters. The first kappa shape index (κ1) is 22.4. The normalized spacial score (nSPS) is 14.1. The van der Waals surface area contributed by atoms with Gasteiger partial charge in [0.15, 0.2) is 5.82 Å². The van der Waals surface area contributed by atoms with Crippen LogP contribution in [-0.4, -0.2) is 69.1 Å². The quantitative estimate of drug-likeness (QED) is 0.453. The van der Waals surface area contributed by atoms with Crippen molar-refractivity contribution in [3.63, 3.8) is 0 Å². The number of amides is 2. The van der Waals surface area contributed by atoms with E-state index in [-0.39, 0.29) is 18.4 Å². The molecule has 0 radical (unpaired) electrons. The minimum Gasteiger partial charge on any atom is -0.361 e. The highest BCUT2D eigenvalue weighted by Crippen LogP contribution is 2.21. The summed E-state index contributed by atoms with van der Waals surface area (Å²) in [5, 5.41) is 17.6. The third-order valence-electron chi connectivity index (χ3n) is 6.26. The molecule has 4 aromatic rings. The number of rotatable bonds is 6. The van der Waals surface area contributed by atoms with Gasteiger partial charge in [-0.1, -0.05) is 36.4 Å². The van der Waals surface area contributed by atoms with Gasteiger partial charge in [-0.2, -0.15) is 10.4 Å². The Bertz CT molecular complexity index is 1390. The third-order valence-corrected chi connectivity index (χ3v) is 6.26. The van der Waals surface area contributed by atoms with Gasteiger partial charge < -0.3 is 15.2 Å². The summed E-state index contributed by atoms with van der Waals surface area (Å²) in [7, 11) is 0. The Morgan fingerprint density at radius 3 is 2.54 bits per heavy atom. The van der Waals surface area contributed by atoms with Gasteiger partial charge in [0.05, 0.1) is 24.8 Å². The number of nitrogens with zero attached hydrogens (tertiary/aromatic N) is 5. The Morgan fingerprint density at radius 2 is 1.77 bits per heavy atom. The van der Waals surface area contributed by atoms with E-state index in [2.05, 4.69) is 21.5 Å². The second-order valence-electron chi connectivity index (χ2n) is 8.51. The monoisotopic (exact) mass is 467 g/mol. The van der Waals surface area contributed by atoms with Crippen molar-refractivity contribution >= 4 is 28.5 Å². The van der Waals surface area contributed by atoms with Crippen molar-refractivity contribution in [3.8, 4) is 11.8 Å². The second kappa shape index (κ2) is 9.83. The molecule has 9 nitrogen and oxygen atoms in total. The summed E-state index contributed by atoms with van der Waals surface area (Å²) in [5.74, 6) is 0.221. The van der Waals surface area contributed by atoms with Gasteiger partial charge in [-0.25, -0.2) is 4.68 Å². The van der Waals surface area contributed by atoms with Crippen LogP contribution < -0.4 is 5.32 Å². The van der Waals surface area contributed by atoms with Crippen LogP contribution >= 0.6 is 0 Å². The highest BCUT2D eigenvalue weighted by molar-refractivity contribution is 5.93. The standard InChI is InChI=1S/C26H25N7O2/c27-15-20-17-29-33(21-6-2-1-3-7-21)26(20)30-24(34)18-31-10-12-32(13-11-31)25(35)14-19-16-28-23-9-5-4-8-22(19)23/h1-9,16-17,28H,10-14,18H2,(H,30,34). The Kier molecular flexibility index (Phi) is 6.28. The molecule has 1 aliphatic rings. The van der Waals surface area contributed by atoms with Crippen LogP contribution in [0.25, 0.3) is 16.6 Å². The van der Waals surface area contributed by atoms with E-state index in [9.17, 15) is 14.9 Å². The number of benzene rings is 2.